The van der Waals surface area contributed by atoms with Crippen molar-refractivity contribution < 1.29 is 18.8 Å². The highest BCUT2D eigenvalue weighted by molar-refractivity contribution is 6.30. The van der Waals surface area contributed by atoms with E-state index in [-0.39, 0.29) is 11.4 Å². The molecule has 3 rings (SSSR count). The summed E-state index contributed by atoms with van der Waals surface area (Å²) in [7, 11) is 0. The lowest BCUT2D eigenvalue weighted by atomic mass is 10.1. The Morgan fingerprint density at radius 1 is 1.19 bits per heavy atom. The number of aryl methyl sites for hydroxylation is 1. The lowest BCUT2D eigenvalue weighted by Crippen LogP contribution is -2.13. The zero-order valence-corrected chi connectivity index (χ0v) is 17.8. The highest BCUT2D eigenvalue weighted by atomic mass is 35.5. The fourth-order valence-corrected chi connectivity index (χ4v) is 2.79. The summed E-state index contributed by atoms with van der Waals surface area (Å²) in [6, 6.07) is 16.0. The van der Waals surface area contributed by atoms with E-state index >= 15 is 0 Å². The molecule has 1 N–H and O–H groups in total. The van der Waals surface area contributed by atoms with Gasteiger partial charge in [0, 0.05) is 11.1 Å². The first-order valence-electron chi connectivity index (χ1n) is 9.49. The van der Waals surface area contributed by atoms with Gasteiger partial charge in [0.25, 0.3) is 5.91 Å². The van der Waals surface area contributed by atoms with Crippen LogP contribution in [0.25, 0.3) is 6.08 Å². The fourth-order valence-electron chi connectivity index (χ4n) is 2.67. The number of carbonyl (C=O) groups is 1. The van der Waals surface area contributed by atoms with Gasteiger partial charge in [-0.15, -0.1) is 0 Å². The minimum absolute atomic E-state index is 0.0852. The molecule has 1 heterocycles. The summed E-state index contributed by atoms with van der Waals surface area (Å²) < 4.78 is 16.5. The number of nitriles is 1. The monoisotopic (exact) mass is 437 g/mol. The van der Waals surface area contributed by atoms with Crippen LogP contribution < -0.4 is 14.8 Å². The largest absolute Gasteiger partial charge is 0.490 e. The average molecular weight is 438 g/mol. The van der Waals surface area contributed by atoms with E-state index in [0.29, 0.717) is 41.1 Å². The van der Waals surface area contributed by atoms with Gasteiger partial charge in [-0.2, -0.15) is 5.26 Å². The third-order valence-electron chi connectivity index (χ3n) is 4.12. The maximum atomic E-state index is 12.4. The first-order chi connectivity index (χ1) is 15.0. The lowest BCUT2D eigenvalue weighted by molar-refractivity contribution is -0.112. The Morgan fingerprint density at radius 3 is 2.61 bits per heavy atom. The molecular formula is C23H20ClN3O4. The Balaban J connectivity index is 1.77. The van der Waals surface area contributed by atoms with E-state index in [1.807, 2.05) is 25.1 Å². The number of ether oxygens (including phenoxy) is 2. The highest BCUT2D eigenvalue weighted by Gasteiger charge is 2.13. The number of nitrogens with one attached hydrogen (secondary N) is 1. The van der Waals surface area contributed by atoms with Crippen molar-refractivity contribution in [2.45, 2.75) is 20.5 Å². The van der Waals surface area contributed by atoms with Crippen molar-refractivity contribution in [1.82, 2.24) is 5.16 Å². The first-order valence-corrected chi connectivity index (χ1v) is 9.87. The molecule has 31 heavy (non-hydrogen) atoms. The summed E-state index contributed by atoms with van der Waals surface area (Å²) in [4.78, 5) is 12.4. The Hall–Kier alpha value is -3.76. The smallest absolute Gasteiger partial charge is 0.267 e. The molecule has 0 radical (unpaired) electrons. The number of benzene rings is 2. The predicted octanol–water partition coefficient (Wildman–Crippen LogP) is 5.16. The lowest BCUT2D eigenvalue weighted by Gasteiger charge is -2.13. The normalized spacial score (nSPS) is 11.0. The van der Waals surface area contributed by atoms with Crippen LogP contribution in [0.5, 0.6) is 11.5 Å². The molecule has 8 heteroatoms. The van der Waals surface area contributed by atoms with E-state index < -0.39 is 5.91 Å². The zero-order valence-electron chi connectivity index (χ0n) is 17.0. The Bertz CT molecular complexity index is 1130. The number of carbonyl (C=O) groups excluding carboxylic acids is 1. The Kier molecular flexibility index (Phi) is 7.31. The SMILES string of the molecule is CCOc1cc(/C=C(/C#N)C(=O)Nc2cc(C)on2)ccc1OCc1ccc(Cl)cc1. The molecule has 0 saturated heterocycles. The number of halogens is 1. The van der Waals surface area contributed by atoms with Gasteiger partial charge in [-0.25, -0.2) is 0 Å². The second-order valence-electron chi connectivity index (χ2n) is 6.50. The molecule has 3 aromatic rings. The topological polar surface area (TPSA) is 97.4 Å². The number of rotatable bonds is 8. The molecule has 0 unspecified atom stereocenters. The molecular weight excluding hydrogens is 418 g/mol. The molecule has 0 atom stereocenters. The number of aromatic nitrogens is 1. The maximum Gasteiger partial charge on any atom is 0.267 e. The quantitative estimate of drug-likeness (QED) is 0.386. The van der Waals surface area contributed by atoms with Crippen LogP contribution in [0.4, 0.5) is 5.82 Å². The number of hydrogen-bond acceptors (Lipinski definition) is 6. The van der Waals surface area contributed by atoms with Gasteiger partial charge in [-0.05, 0) is 55.3 Å². The molecule has 0 aliphatic rings. The number of amides is 1. The van der Waals surface area contributed by atoms with Gasteiger partial charge < -0.3 is 19.3 Å². The number of anilines is 1. The minimum atomic E-state index is -0.586. The van der Waals surface area contributed by atoms with Crippen LogP contribution in [0.2, 0.25) is 5.02 Å². The first kappa shape index (κ1) is 21.9. The number of nitrogens with zero attached hydrogens (tertiary/aromatic N) is 2. The van der Waals surface area contributed by atoms with E-state index in [9.17, 15) is 10.1 Å². The molecule has 1 aromatic heterocycles. The van der Waals surface area contributed by atoms with Gasteiger partial charge in [-0.3, -0.25) is 4.79 Å². The van der Waals surface area contributed by atoms with Crippen molar-refractivity contribution in [2.24, 2.45) is 0 Å². The van der Waals surface area contributed by atoms with Gasteiger partial charge in [0.05, 0.1) is 6.61 Å². The van der Waals surface area contributed by atoms with Gasteiger partial charge >= 0.3 is 0 Å². The molecule has 0 aliphatic carbocycles. The van der Waals surface area contributed by atoms with Gasteiger partial charge in [0.15, 0.2) is 17.3 Å². The van der Waals surface area contributed by atoms with Crippen molar-refractivity contribution in [3.05, 3.63) is 76.0 Å². The third-order valence-corrected chi connectivity index (χ3v) is 4.37. The molecule has 0 spiro atoms. The second-order valence-corrected chi connectivity index (χ2v) is 6.94. The predicted molar refractivity (Wildman–Crippen MR) is 117 cm³/mol. The standard InChI is InChI=1S/C23H20ClN3O4/c1-3-29-21-12-17(6-9-20(21)30-14-16-4-7-19(24)8-5-16)11-18(13-25)23(28)26-22-10-15(2)31-27-22/h4-12H,3,14H2,1-2H3,(H,26,27,28)/b18-11-. The van der Waals surface area contributed by atoms with Crippen molar-refractivity contribution in [3.8, 4) is 17.6 Å². The van der Waals surface area contributed by atoms with E-state index in [4.69, 9.17) is 25.6 Å². The summed E-state index contributed by atoms with van der Waals surface area (Å²) in [5.41, 5.74) is 1.49. The Labute approximate surface area is 184 Å². The van der Waals surface area contributed by atoms with E-state index in [1.165, 1.54) is 6.08 Å². The van der Waals surface area contributed by atoms with Gasteiger partial charge in [0.1, 0.15) is 24.0 Å². The summed E-state index contributed by atoms with van der Waals surface area (Å²) in [5, 5.41) is 16.3. The zero-order chi connectivity index (χ0) is 22.2. The van der Waals surface area contributed by atoms with E-state index in [1.54, 1.807) is 43.3 Å². The summed E-state index contributed by atoms with van der Waals surface area (Å²) in [6.07, 6.45) is 1.47. The van der Waals surface area contributed by atoms with Crippen LogP contribution in [0.3, 0.4) is 0 Å². The van der Waals surface area contributed by atoms with Crippen molar-refractivity contribution in [1.29, 1.82) is 5.26 Å². The molecule has 0 saturated carbocycles. The van der Waals surface area contributed by atoms with Crippen molar-refractivity contribution in [2.75, 3.05) is 11.9 Å². The van der Waals surface area contributed by atoms with Gasteiger partial charge in [-0.1, -0.05) is 35.0 Å². The molecule has 7 nitrogen and oxygen atoms in total. The van der Waals surface area contributed by atoms with Crippen LogP contribution in [-0.4, -0.2) is 17.7 Å². The third kappa shape index (κ3) is 6.11. The molecule has 0 aliphatic heterocycles. The summed E-state index contributed by atoms with van der Waals surface area (Å²) >= 11 is 5.91. The molecule has 158 valence electrons. The Morgan fingerprint density at radius 2 is 1.97 bits per heavy atom. The van der Waals surface area contributed by atoms with Crippen LogP contribution >= 0.6 is 11.6 Å². The molecule has 1 amide bonds. The second kappa shape index (κ2) is 10.3. The molecule has 0 bridgehead atoms. The maximum absolute atomic E-state index is 12.4. The summed E-state index contributed by atoms with van der Waals surface area (Å²) in [6.45, 7) is 4.34. The van der Waals surface area contributed by atoms with Gasteiger partial charge in [0.2, 0.25) is 0 Å². The molecule has 0 fully saturated rings. The highest BCUT2D eigenvalue weighted by Crippen LogP contribution is 2.30. The van der Waals surface area contributed by atoms with E-state index in [2.05, 4.69) is 10.5 Å². The molecule has 2 aromatic carbocycles. The number of hydrogen-bond donors (Lipinski definition) is 1. The van der Waals surface area contributed by atoms with Crippen molar-refractivity contribution in [3.63, 3.8) is 0 Å². The summed E-state index contributed by atoms with van der Waals surface area (Å²) in [5.74, 6) is 1.26. The van der Waals surface area contributed by atoms with Crippen LogP contribution in [0, 0.1) is 18.3 Å². The average Bonchev–Trinajstić information content (AvgIpc) is 3.17. The van der Waals surface area contributed by atoms with Crippen LogP contribution in [-0.2, 0) is 11.4 Å². The fraction of sp³-hybridized carbons (Fsp3) is 0.174. The van der Waals surface area contributed by atoms with Crippen LogP contribution in [0.15, 0.2) is 58.6 Å². The minimum Gasteiger partial charge on any atom is -0.490 e. The van der Waals surface area contributed by atoms with Crippen molar-refractivity contribution >= 4 is 29.4 Å². The van der Waals surface area contributed by atoms with E-state index in [0.717, 1.165) is 5.56 Å². The van der Waals surface area contributed by atoms with Crippen LogP contribution in [0.1, 0.15) is 23.8 Å².